The van der Waals surface area contributed by atoms with Crippen LogP contribution in [-0.2, 0) is 16.0 Å². The van der Waals surface area contributed by atoms with Crippen molar-refractivity contribution in [3.8, 4) is 11.8 Å². The van der Waals surface area contributed by atoms with Gasteiger partial charge in [0.15, 0.2) is 0 Å². The van der Waals surface area contributed by atoms with Gasteiger partial charge in [-0.25, -0.2) is 4.98 Å². The number of methoxy groups -OCH3 is 1. The lowest BCUT2D eigenvalue weighted by atomic mass is 10.1. The molecule has 5 nitrogen and oxygen atoms in total. The van der Waals surface area contributed by atoms with Crippen molar-refractivity contribution < 1.29 is 14.6 Å². The largest absolute Gasteiger partial charge is 0.506 e. The van der Waals surface area contributed by atoms with Crippen molar-refractivity contribution in [2.75, 3.05) is 7.11 Å². The van der Waals surface area contributed by atoms with Crippen molar-refractivity contribution in [2.24, 2.45) is 0 Å². The Balaban J connectivity index is 2.96. The third kappa shape index (κ3) is 2.20. The number of carbonyl (C=O) groups excluding carboxylic acids is 1. The standard InChI is InChI=1S/C9H8N2O3/c1-14-9(13)3-6-2-7(4-10)11-5-8(6)12/h2,5,12H,3H2,1H3. The Kier molecular flexibility index (Phi) is 3.02. The van der Waals surface area contributed by atoms with Crippen LogP contribution in [0.4, 0.5) is 0 Å². The lowest BCUT2D eigenvalue weighted by Crippen LogP contribution is -2.05. The van der Waals surface area contributed by atoms with Gasteiger partial charge in [0.2, 0.25) is 0 Å². The minimum absolute atomic E-state index is 0.0699. The lowest BCUT2D eigenvalue weighted by molar-refractivity contribution is -0.139. The molecular formula is C9H8N2O3. The number of carbonyl (C=O) groups is 1. The number of esters is 1. The Bertz CT molecular complexity index is 396. The van der Waals surface area contributed by atoms with E-state index in [0.29, 0.717) is 5.56 Å². The molecule has 0 saturated heterocycles. The van der Waals surface area contributed by atoms with Crippen molar-refractivity contribution in [3.63, 3.8) is 0 Å². The van der Waals surface area contributed by atoms with E-state index in [1.54, 1.807) is 0 Å². The van der Waals surface area contributed by atoms with Crippen LogP contribution in [0.25, 0.3) is 0 Å². The molecule has 1 aromatic rings. The molecule has 0 aliphatic rings. The van der Waals surface area contributed by atoms with E-state index in [-0.39, 0.29) is 17.9 Å². The van der Waals surface area contributed by atoms with Gasteiger partial charge < -0.3 is 9.84 Å². The first-order valence-corrected chi connectivity index (χ1v) is 3.82. The predicted octanol–water partition coefficient (Wildman–Crippen LogP) is 0.374. The summed E-state index contributed by atoms with van der Waals surface area (Å²) in [5.74, 6) is -0.593. The zero-order chi connectivity index (χ0) is 10.6. The molecule has 14 heavy (non-hydrogen) atoms. The van der Waals surface area contributed by atoms with E-state index < -0.39 is 5.97 Å². The fraction of sp³-hybridized carbons (Fsp3) is 0.222. The zero-order valence-corrected chi connectivity index (χ0v) is 7.52. The maximum absolute atomic E-state index is 10.9. The van der Waals surface area contributed by atoms with Gasteiger partial charge in [-0.1, -0.05) is 0 Å². The molecule has 0 amide bonds. The van der Waals surface area contributed by atoms with Crippen LogP contribution in [0.5, 0.6) is 5.75 Å². The molecule has 0 aromatic carbocycles. The van der Waals surface area contributed by atoms with Gasteiger partial charge in [0.1, 0.15) is 17.5 Å². The Morgan fingerprint density at radius 2 is 2.50 bits per heavy atom. The molecule has 0 aliphatic heterocycles. The molecule has 0 radical (unpaired) electrons. The summed E-state index contributed by atoms with van der Waals surface area (Å²) in [5, 5.41) is 17.8. The molecule has 0 atom stereocenters. The summed E-state index contributed by atoms with van der Waals surface area (Å²) in [6.07, 6.45) is 1.07. The van der Waals surface area contributed by atoms with E-state index in [1.807, 2.05) is 6.07 Å². The SMILES string of the molecule is COC(=O)Cc1cc(C#N)ncc1O. The molecule has 0 aliphatic carbocycles. The van der Waals surface area contributed by atoms with E-state index in [2.05, 4.69) is 9.72 Å². The summed E-state index contributed by atoms with van der Waals surface area (Å²) in [6, 6.07) is 3.16. The van der Waals surface area contributed by atoms with Crippen LogP contribution in [0.1, 0.15) is 11.3 Å². The Labute approximate surface area is 80.6 Å². The molecule has 72 valence electrons. The molecule has 1 N–H and O–H groups in total. The molecule has 0 unspecified atom stereocenters. The van der Waals surface area contributed by atoms with Gasteiger partial charge >= 0.3 is 5.97 Å². The lowest BCUT2D eigenvalue weighted by Gasteiger charge is -2.02. The van der Waals surface area contributed by atoms with Gasteiger partial charge in [-0.05, 0) is 6.07 Å². The smallest absolute Gasteiger partial charge is 0.310 e. The van der Waals surface area contributed by atoms with Crippen LogP contribution >= 0.6 is 0 Å². The van der Waals surface area contributed by atoms with Crippen LogP contribution in [0, 0.1) is 11.3 Å². The second kappa shape index (κ2) is 4.23. The topological polar surface area (TPSA) is 83.2 Å². The summed E-state index contributed by atoms with van der Waals surface area (Å²) in [4.78, 5) is 14.5. The van der Waals surface area contributed by atoms with Gasteiger partial charge in [-0.2, -0.15) is 5.26 Å². The number of rotatable bonds is 2. The highest BCUT2D eigenvalue weighted by Crippen LogP contribution is 2.16. The average molecular weight is 192 g/mol. The number of nitriles is 1. The fourth-order valence-electron chi connectivity index (χ4n) is 0.920. The fourth-order valence-corrected chi connectivity index (χ4v) is 0.920. The molecule has 0 fully saturated rings. The highest BCUT2D eigenvalue weighted by atomic mass is 16.5. The molecule has 1 heterocycles. The number of ether oxygens (including phenoxy) is 1. The van der Waals surface area contributed by atoms with E-state index in [9.17, 15) is 9.90 Å². The highest BCUT2D eigenvalue weighted by Gasteiger charge is 2.09. The molecule has 0 spiro atoms. The van der Waals surface area contributed by atoms with Crippen molar-refractivity contribution in [1.29, 1.82) is 5.26 Å². The molecule has 0 bridgehead atoms. The minimum atomic E-state index is -0.476. The number of aromatic hydroxyl groups is 1. The van der Waals surface area contributed by atoms with E-state index in [0.717, 1.165) is 6.20 Å². The average Bonchev–Trinajstić information content (AvgIpc) is 2.21. The van der Waals surface area contributed by atoms with Crippen molar-refractivity contribution >= 4 is 5.97 Å². The quantitative estimate of drug-likeness (QED) is 0.684. The van der Waals surface area contributed by atoms with Gasteiger partial charge in [0.05, 0.1) is 19.7 Å². The van der Waals surface area contributed by atoms with Crippen LogP contribution in [0.3, 0.4) is 0 Å². The summed E-state index contributed by atoms with van der Waals surface area (Å²) in [6.45, 7) is 0. The second-order valence-corrected chi connectivity index (χ2v) is 2.56. The number of aromatic nitrogens is 1. The van der Waals surface area contributed by atoms with Gasteiger partial charge in [0.25, 0.3) is 0 Å². The monoisotopic (exact) mass is 192 g/mol. The zero-order valence-electron chi connectivity index (χ0n) is 7.52. The predicted molar refractivity (Wildman–Crippen MR) is 46.3 cm³/mol. The molecule has 5 heteroatoms. The second-order valence-electron chi connectivity index (χ2n) is 2.56. The van der Waals surface area contributed by atoms with Gasteiger partial charge in [-0.3, -0.25) is 4.79 Å². The Hall–Kier alpha value is -2.09. The van der Waals surface area contributed by atoms with Gasteiger partial charge in [0, 0.05) is 5.56 Å². The normalized spacial score (nSPS) is 9.14. The van der Waals surface area contributed by atoms with Crippen LogP contribution in [-0.4, -0.2) is 23.2 Å². The molecule has 0 saturated carbocycles. The Morgan fingerprint density at radius 1 is 1.79 bits per heavy atom. The van der Waals surface area contributed by atoms with Crippen LogP contribution < -0.4 is 0 Å². The third-order valence-corrected chi connectivity index (χ3v) is 1.64. The molecule has 1 rings (SSSR count). The van der Waals surface area contributed by atoms with Gasteiger partial charge in [-0.15, -0.1) is 0 Å². The van der Waals surface area contributed by atoms with E-state index in [1.165, 1.54) is 13.2 Å². The van der Waals surface area contributed by atoms with Crippen molar-refractivity contribution in [2.45, 2.75) is 6.42 Å². The van der Waals surface area contributed by atoms with Crippen molar-refractivity contribution in [3.05, 3.63) is 23.5 Å². The summed E-state index contributed by atoms with van der Waals surface area (Å²) >= 11 is 0. The van der Waals surface area contributed by atoms with Crippen LogP contribution in [0.2, 0.25) is 0 Å². The number of nitrogens with zero attached hydrogens (tertiary/aromatic N) is 2. The number of hydrogen-bond acceptors (Lipinski definition) is 5. The first kappa shape index (κ1) is 9.99. The third-order valence-electron chi connectivity index (χ3n) is 1.64. The maximum Gasteiger partial charge on any atom is 0.310 e. The number of pyridine rings is 1. The number of hydrogen-bond donors (Lipinski definition) is 1. The Morgan fingerprint density at radius 3 is 3.07 bits per heavy atom. The minimum Gasteiger partial charge on any atom is -0.506 e. The first-order chi connectivity index (χ1) is 6.67. The van der Waals surface area contributed by atoms with E-state index >= 15 is 0 Å². The highest BCUT2D eigenvalue weighted by molar-refractivity contribution is 5.73. The first-order valence-electron chi connectivity index (χ1n) is 3.82. The molecule has 1 aromatic heterocycles. The molecular weight excluding hydrogens is 184 g/mol. The van der Waals surface area contributed by atoms with Crippen molar-refractivity contribution in [1.82, 2.24) is 4.98 Å². The van der Waals surface area contributed by atoms with E-state index in [4.69, 9.17) is 5.26 Å². The summed E-state index contributed by atoms with van der Waals surface area (Å²) in [5.41, 5.74) is 0.491. The summed E-state index contributed by atoms with van der Waals surface area (Å²) < 4.78 is 4.43. The maximum atomic E-state index is 10.9. The summed E-state index contributed by atoms with van der Waals surface area (Å²) in [7, 11) is 1.26. The van der Waals surface area contributed by atoms with Crippen LogP contribution in [0.15, 0.2) is 12.3 Å².